The number of hydrogen-bond donors (Lipinski definition) is 2. The molecule has 0 radical (unpaired) electrons. The van der Waals surface area contributed by atoms with Crippen LogP contribution in [0.5, 0.6) is 0 Å². The van der Waals surface area contributed by atoms with E-state index in [1.54, 1.807) is 6.07 Å². The molecule has 25 heavy (non-hydrogen) atoms. The maximum atomic E-state index is 13.7. The van der Waals surface area contributed by atoms with E-state index in [1.165, 1.54) is 12.1 Å². The average Bonchev–Trinajstić information content (AvgIpc) is 3.09. The van der Waals surface area contributed by atoms with Crippen LogP contribution in [0.4, 0.5) is 10.1 Å². The highest BCUT2D eigenvalue weighted by Gasteiger charge is 2.35. The Morgan fingerprint density at radius 3 is 2.84 bits per heavy atom. The van der Waals surface area contributed by atoms with E-state index in [2.05, 4.69) is 11.4 Å². The lowest BCUT2D eigenvalue weighted by Gasteiger charge is -2.07. The number of carbonyl (C=O) groups is 1. The number of hydrogen-bond acceptors (Lipinski definition) is 3. The van der Waals surface area contributed by atoms with Crippen LogP contribution in [0.3, 0.4) is 0 Å². The monoisotopic (exact) mass is 339 g/mol. The van der Waals surface area contributed by atoms with Crippen LogP contribution in [0.15, 0.2) is 36.4 Å². The summed E-state index contributed by atoms with van der Waals surface area (Å²) in [5.41, 5.74) is 4.50. The van der Waals surface area contributed by atoms with Crippen LogP contribution in [0.25, 0.3) is 11.3 Å². The zero-order valence-corrected chi connectivity index (χ0v) is 13.8. The summed E-state index contributed by atoms with van der Waals surface area (Å²) in [4.78, 5) is 12.5. The first-order chi connectivity index (χ1) is 12.1. The van der Waals surface area contributed by atoms with Gasteiger partial charge in [-0.15, -0.1) is 0 Å². The van der Waals surface area contributed by atoms with Crippen molar-refractivity contribution in [3.63, 3.8) is 0 Å². The zero-order valence-electron chi connectivity index (χ0n) is 13.8. The Kier molecular flexibility index (Phi) is 3.81. The van der Waals surface area contributed by atoms with Crippen molar-refractivity contribution in [2.24, 2.45) is 0 Å². The minimum absolute atomic E-state index is 0.154. The molecule has 2 aromatic rings. The second-order valence-electron chi connectivity index (χ2n) is 6.36. The summed E-state index contributed by atoms with van der Waals surface area (Å²) in [6.45, 7) is 2.09. The standard InChI is InChI=1S/C20H18FNO3/c1-11-15-9-12(3-2-8-23)4-6-14(15)19(25-11)18-16-10-13(21)5-7-17(16)22-20(18)24/h4-7,9-11,23H,2-3,8H2,1H3,(H,22,24). The minimum atomic E-state index is -0.390. The zero-order chi connectivity index (χ0) is 17.6. The highest BCUT2D eigenvalue weighted by Crippen LogP contribution is 2.45. The number of halogens is 1. The van der Waals surface area contributed by atoms with Gasteiger partial charge in [0.2, 0.25) is 0 Å². The molecule has 0 fully saturated rings. The Balaban J connectivity index is 1.83. The van der Waals surface area contributed by atoms with Crippen LogP contribution in [-0.4, -0.2) is 17.6 Å². The number of aliphatic hydroxyl groups is 1. The highest BCUT2D eigenvalue weighted by molar-refractivity contribution is 6.36. The van der Waals surface area contributed by atoms with E-state index in [1.807, 2.05) is 19.1 Å². The average molecular weight is 339 g/mol. The highest BCUT2D eigenvalue weighted by atomic mass is 19.1. The van der Waals surface area contributed by atoms with E-state index in [4.69, 9.17) is 9.84 Å². The predicted molar refractivity (Wildman–Crippen MR) is 93.2 cm³/mol. The lowest BCUT2D eigenvalue weighted by molar-refractivity contribution is -0.110. The summed E-state index contributed by atoms with van der Waals surface area (Å²) in [6.07, 6.45) is 1.31. The van der Waals surface area contributed by atoms with Gasteiger partial charge in [0.15, 0.2) is 0 Å². The summed E-state index contributed by atoms with van der Waals surface area (Å²) in [5.74, 6) is -0.169. The predicted octanol–water partition coefficient (Wildman–Crippen LogP) is 3.66. The first-order valence-corrected chi connectivity index (χ1v) is 8.34. The van der Waals surface area contributed by atoms with Crippen LogP contribution in [0.2, 0.25) is 0 Å². The third kappa shape index (κ3) is 2.61. The molecule has 1 amide bonds. The third-order valence-corrected chi connectivity index (χ3v) is 4.67. The lowest BCUT2D eigenvalue weighted by atomic mass is 9.96. The van der Waals surface area contributed by atoms with Gasteiger partial charge in [-0.2, -0.15) is 0 Å². The largest absolute Gasteiger partial charge is 0.484 e. The van der Waals surface area contributed by atoms with E-state index >= 15 is 0 Å². The van der Waals surface area contributed by atoms with Crippen molar-refractivity contribution in [2.45, 2.75) is 25.9 Å². The fourth-order valence-corrected chi connectivity index (χ4v) is 3.46. The van der Waals surface area contributed by atoms with Gasteiger partial charge >= 0.3 is 0 Å². The lowest BCUT2D eigenvalue weighted by Crippen LogP contribution is -2.05. The van der Waals surface area contributed by atoms with E-state index in [0.717, 1.165) is 23.1 Å². The molecule has 0 aliphatic carbocycles. The number of aryl methyl sites for hydroxylation is 1. The molecule has 1 unspecified atom stereocenters. The van der Waals surface area contributed by atoms with Crippen molar-refractivity contribution in [1.29, 1.82) is 0 Å². The minimum Gasteiger partial charge on any atom is -0.484 e. The van der Waals surface area contributed by atoms with E-state index in [9.17, 15) is 9.18 Å². The van der Waals surface area contributed by atoms with Crippen LogP contribution in [0.1, 0.15) is 41.7 Å². The number of nitrogens with one attached hydrogen (secondary N) is 1. The fourth-order valence-electron chi connectivity index (χ4n) is 3.46. The Hall–Kier alpha value is -2.66. The molecular weight excluding hydrogens is 321 g/mol. The van der Waals surface area contributed by atoms with Crippen LogP contribution in [-0.2, 0) is 16.0 Å². The number of aliphatic hydroxyl groups excluding tert-OH is 1. The molecule has 2 heterocycles. The summed E-state index contributed by atoms with van der Waals surface area (Å²) >= 11 is 0. The second kappa shape index (κ2) is 6.01. The molecular formula is C20H18FNO3. The molecule has 0 spiro atoms. The molecule has 0 aromatic heterocycles. The maximum absolute atomic E-state index is 13.7. The van der Waals surface area contributed by atoms with Gasteiger partial charge in [0.25, 0.3) is 5.91 Å². The van der Waals surface area contributed by atoms with E-state index in [-0.39, 0.29) is 24.4 Å². The van der Waals surface area contributed by atoms with Crippen molar-refractivity contribution in [3.05, 3.63) is 64.5 Å². The number of anilines is 1. The van der Waals surface area contributed by atoms with Gasteiger partial charge in [-0.25, -0.2) is 4.39 Å². The van der Waals surface area contributed by atoms with Crippen molar-refractivity contribution in [2.75, 3.05) is 11.9 Å². The first kappa shape index (κ1) is 15.8. The normalized spacial score (nSPS) is 20.9. The third-order valence-electron chi connectivity index (χ3n) is 4.67. The Morgan fingerprint density at radius 1 is 1.20 bits per heavy atom. The summed E-state index contributed by atoms with van der Waals surface area (Å²) < 4.78 is 19.7. The quantitative estimate of drug-likeness (QED) is 0.839. The number of rotatable bonds is 3. The van der Waals surface area contributed by atoms with Gasteiger partial charge in [0.1, 0.15) is 17.7 Å². The molecule has 4 rings (SSSR count). The molecule has 128 valence electrons. The SMILES string of the molecule is CC1OC(=C2C(=O)Nc3ccc(F)cc32)c2ccc(CCCO)cc21. The van der Waals surface area contributed by atoms with Gasteiger partial charge in [-0.05, 0) is 43.5 Å². The van der Waals surface area contributed by atoms with Crippen molar-refractivity contribution in [3.8, 4) is 0 Å². The van der Waals surface area contributed by atoms with Crippen molar-refractivity contribution < 1.29 is 19.0 Å². The Morgan fingerprint density at radius 2 is 2.04 bits per heavy atom. The molecule has 2 aliphatic rings. The van der Waals surface area contributed by atoms with Crippen molar-refractivity contribution in [1.82, 2.24) is 0 Å². The summed E-state index contributed by atoms with van der Waals surface area (Å²) in [6, 6.07) is 10.2. The number of amides is 1. The number of benzene rings is 2. The van der Waals surface area contributed by atoms with Crippen LogP contribution >= 0.6 is 0 Å². The molecule has 1 atom stereocenters. The molecule has 2 N–H and O–H groups in total. The van der Waals surface area contributed by atoms with Crippen molar-refractivity contribution >= 4 is 22.9 Å². The first-order valence-electron chi connectivity index (χ1n) is 8.34. The number of fused-ring (bicyclic) bond motifs is 2. The molecule has 0 saturated heterocycles. The fraction of sp³-hybridized carbons (Fsp3) is 0.250. The maximum Gasteiger partial charge on any atom is 0.260 e. The number of ether oxygens (including phenoxy) is 1. The molecule has 0 bridgehead atoms. The summed E-state index contributed by atoms with van der Waals surface area (Å²) in [7, 11) is 0. The van der Waals surface area contributed by atoms with Gasteiger partial charge in [-0.1, -0.05) is 18.2 Å². The molecule has 2 aliphatic heterocycles. The van der Waals surface area contributed by atoms with Gasteiger partial charge in [0, 0.05) is 29.0 Å². The van der Waals surface area contributed by atoms with Gasteiger partial charge < -0.3 is 15.2 Å². The molecule has 4 nitrogen and oxygen atoms in total. The van der Waals surface area contributed by atoms with Crippen LogP contribution in [0, 0.1) is 5.82 Å². The smallest absolute Gasteiger partial charge is 0.260 e. The molecule has 2 aromatic carbocycles. The van der Waals surface area contributed by atoms with E-state index < -0.39 is 0 Å². The van der Waals surface area contributed by atoms with Gasteiger partial charge in [-0.3, -0.25) is 4.79 Å². The van der Waals surface area contributed by atoms with Gasteiger partial charge in [0.05, 0.1) is 5.57 Å². The molecule has 0 saturated carbocycles. The van der Waals surface area contributed by atoms with E-state index in [0.29, 0.717) is 29.0 Å². The topological polar surface area (TPSA) is 58.6 Å². The Bertz CT molecular complexity index is 904. The van der Waals surface area contributed by atoms with Crippen LogP contribution < -0.4 is 5.32 Å². The second-order valence-corrected chi connectivity index (χ2v) is 6.36. The number of carbonyl (C=O) groups excluding carboxylic acids is 1. The summed E-state index contributed by atoms with van der Waals surface area (Å²) in [5, 5.41) is 11.8. The Labute approximate surface area is 144 Å². The molecule has 5 heteroatoms.